The molecule has 0 bridgehead atoms. The first-order valence-corrected chi connectivity index (χ1v) is 10.6. The molecule has 4 aliphatic rings. The number of aliphatic hydroxyl groups is 1. The summed E-state index contributed by atoms with van der Waals surface area (Å²) in [4.78, 5) is 0. The summed E-state index contributed by atoms with van der Waals surface area (Å²) in [5.41, 5.74) is 3.70. The monoisotopic (exact) mass is 328 g/mol. The molecule has 134 valence electrons. The van der Waals surface area contributed by atoms with Gasteiger partial charge in [-0.3, -0.25) is 0 Å². The van der Waals surface area contributed by atoms with E-state index in [0.29, 0.717) is 5.41 Å². The van der Waals surface area contributed by atoms with Crippen molar-refractivity contribution in [2.45, 2.75) is 84.2 Å². The molecule has 24 heavy (non-hydrogen) atoms. The number of hydrogen-bond acceptors (Lipinski definition) is 1. The fourth-order valence-corrected chi connectivity index (χ4v) is 7.48. The normalized spacial score (nSPS) is 47.4. The zero-order valence-electron chi connectivity index (χ0n) is 15.8. The van der Waals surface area contributed by atoms with Gasteiger partial charge < -0.3 is 5.11 Å². The first kappa shape index (κ1) is 16.9. The minimum atomic E-state index is -0.158. The van der Waals surface area contributed by atoms with Crippen LogP contribution in [0.25, 0.3) is 0 Å². The van der Waals surface area contributed by atoms with Crippen LogP contribution >= 0.6 is 0 Å². The summed E-state index contributed by atoms with van der Waals surface area (Å²) in [5, 5.41) is 10.00. The van der Waals surface area contributed by atoms with Gasteiger partial charge in [-0.25, -0.2) is 0 Å². The van der Waals surface area contributed by atoms with Gasteiger partial charge in [-0.2, -0.15) is 0 Å². The molecule has 0 radical (unpaired) electrons. The molecule has 3 saturated carbocycles. The van der Waals surface area contributed by atoms with Crippen molar-refractivity contribution in [3.63, 3.8) is 0 Å². The summed E-state index contributed by atoms with van der Waals surface area (Å²) in [6.45, 7) is 9.41. The Bertz CT molecular complexity index is 532. The molecule has 4 aliphatic carbocycles. The molecular weight excluding hydrogens is 292 g/mol. The first-order chi connectivity index (χ1) is 11.5. The van der Waals surface area contributed by atoms with Crippen LogP contribution < -0.4 is 0 Å². The Morgan fingerprint density at radius 3 is 2.79 bits per heavy atom. The smallest absolute Gasteiger partial charge is 0.0723 e. The van der Waals surface area contributed by atoms with Gasteiger partial charge in [0.25, 0.3) is 0 Å². The van der Waals surface area contributed by atoms with E-state index < -0.39 is 0 Å². The second-order valence-corrected chi connectivity index (χ2v) is 9.55. The predicted molar refractivity (Wildman–Crippen MR) is 101 cm³/mol. The molecule has 0 spiro atoms. The Balaban J connectivity index is 1.56. The van der Waals surface area contributed by atoms with Crippen LogP contribution in [0.4, 0.5) is 0 Å². The molecule has 1 nitrogen and oxygen atoms in total. The quantitative estimate of drug-likeness (QED) is 0.640. The van der Waals surface area contributed by atoms with Gasteiger partial charge in [-0.15, -0.1) is 0 Å². The van der Waals surface area contributed by atoms with Crippen molar-refractivity contribution in [1.29, 1.82) is 0 Å². The van der Waals surface area contributed by atoms with Crippen LogP contribution in [0.3, 0.4) is 0 Å². The molecule has 4 rings (SSSR count). The van der Waals surface area contributed by atoms with E-state index in [-0.39, 0.29) is 6.10 Å². The van der Waals surface area contributed by atoms with Crippen LogP contribution in [-0.4, -0.2) is 11.2 Å². The molecule has 3 fully saturated rings. The van der Waals surface area contributed by atoms with E-state index in [9.17, 15) is 5.11 Å². The van der Waals surface area contributed by atoms with Gasteiger partial charge in [0.15, 0.2) is 0 Å². The van der Waals surface area contributed by atoms with Crippen molar-refractivity contribution in [1.82, 2.24) is 0 Å². The second kappa shape index (κ2) is 6.31. The third kappa shape index (κ3) is 2.54. The lowest BCUT2D eigenvalue weighted by Gasteiger charge is -2.54. The zero-order valence-corrected chi connectivity index (χ0v) is 15.8. The molecule has 1 N–H and O–H groups in total. The van der Waals surface area contributed by atoms with Crippen molar-refractivity contribution in [2.75, 3.05) is 0 Å². The van der Waals surface area contributed by atoms with Crippen molar-refractivity contribution < 1.29 is 5.11 Å². The van der Waals surface area contributed by atoms with Gasteiger partial charge >= 0.3 is 0 Å². The highest BCUT2D eigenvalue weighted by atomic mass is 16.3. The third-order valence-electron chi connectivity index (χ3n) is 8.50. The molecule has 0 aromatic heterocycles. The Hall–Kier alpha value is -0.560. The maximum Gasteiger partial charge on any atom is 0.0723 e. The van der Waals surface area contributed by atoms with Crippen molar-refractivity contribution in [3.05, 3.63) is 23.8 Å². The highest BCUT2D eigenvalue weighted by Gasteiger charge is 2.56. The van der Waals surface area contributed by atoms with Gasteiger partial charge in [0.1, 0.15) is 0 Å². The zero-order chi connectivity index (χ0) is 16.9. The van der Waals surface area contributed by atoms with E-state index in [1.165, 1.54) is 57.8 Å². The largest absolute Gasteiger partial charge is 0.389 e. The molecule has 0 saturated heterocycles. The summed E-state index contributed by atoms with van der Waals surface area (Å²) in [5.74, 6) is 4.38. The van der Waals surface area contributed by atoms with E-state index in [0.717, 1.165) is 36.0 Å². The van der Waals surface area contributed by atoms with Crippen LogP contribution in [0.5, 0.6) is 0 Å². The lowest BCUT2D eigenvalue weighted by Crippen LogP contribution is -2.46. The van der Waals surface area contributed by atoms with Gasteiger partial charge in [-0.05, 0) is 92.8 Å². The molecule has 0 aromatic carbocycles. The summed E-state index contributed by atoms with van der Waals surface area (Å²) in [6, 6.07) is 0. The Morgan fingerprint density at radius 2 is 2.00 bits per heavy atom. The molecule has 0 heterocycles. The third-order valence-corrected chi connectivity index (χ3v) is 8.50. The lowest BCUT2D eigenvalue weighted by atomic mass is 9.51. The SMILES string of the molecule is C=C(CCC)[C@H]1CC[C@H]2[C@@H]3CCC4=C[C@@H](O)CC[C@@H]4[C@H]3CC[C@]12C. The molecule has 0 unspecified atom stereocenters. The van der Waals surface area contributed by atoms with Gasteiger partial charge in [0.2, 0.25) is 0 Å². The van der Waals surface area contributed by atoms with Gasteiger partial charge in [0, 0.05) is 0 Å². The molecular formula is C23H36O. The van der Waals surface area contributed by atoms with Crippen molar-refractivity contribution >= 4 is 0 Å². The van der Waals surface area contributed by atoms with Crippen LogP contribution in [0.2, 0.25) is 0 Å². The Morgan fingerprint density at radius 1 is 1.17 bits per heavy atom. The van der Waals surface area contributed by atoms with E-state index in [1.807, 2.05) is 0 Å². The molecule has 0 aromatic rings. The molecule has 1 heteroatoms. The highest BCUT2D eigenvalue weighted by molar-refractivity contribution is 5.21. The molecule has 0 amide bonds. The predicted octanol–water partition coefficient (Wildman–Crippen LogP) is 5.89. The number of rotatable bonds is 3. The van der Waals surface area contributed by atoms with Gasteiger partial charge in [0.05, 0.1) is 6.10 Å². The minimum absolute atomic E-state index is 0.158. The molecule has 0 aliphatic heterocycles. The van der Waals surface area contributed by atoms with Crippen LogP contribution in [0.15, 0.2) is 23.8 Å². The maximum atomic E-state index is 10.00. The Kier molecular flexibility index (Phi) is 4.44. The second-order valence-electron chi connectivity index (χ2n) is 9.55. The number of hydrogen-bond donors (Lipinski definition) is 1. The standard InChI is InChI=1S/C23H36O/c1-4-5-15(2)21-10-11-22-20-8-6-16-14-17(24)7-9-18(16)19(20)12-13-23(21,22)3/h14,17-22,24H,2,4-13H2,1,3H3/t17-,18-,19+,20+,21+,22-,23+/m0/s1. The van der Waals surface area contributed by atoms with Crippen LogP contribution in [-0.2, 0) is 0 Å². The highest BCUT2D eigenvalue weighted by Crippen LogP contribution is 2.65. The van der Waals surface area contributed by atoms with E-state index in [1.54, 1.807) is 11.1 Å². The number of aliphatic hydroxyl groups excluding tert-OH is 1. The van der Waals surface area contributed by atoms with Crippen LogP contribution in [0.1, 0.15) is 78.1 Å². The summed E-state index contributed by atoms with van der Waals surface area (Å²) in [6.07, 6.45) is 15.1. The first-order valence-electron chi connectivity index (χ1n) is 10.6. The summed E-state index contributed by atoms with van der Waals surface area (Å²) >= 11 is 0. The van der Waals surface area contributed by atoms with Gasteiger partial charge in [-0.1, -0.05) is 44.1 Å². The average Bonchev–Trinajstić information content (AvgIpc) is 2.92. The fraction of sp³-hybridized carbons (Fsp3) is 0.826. The lowest BCUT2D eigenvalue weighted by molar-refractivity contribution is -0.0188. The minimum Gasteiger partial charge on any atom is -0.389 e. The summed E-state index contributed by atoms with van der Waals surface area (Å²) in [7, 11) is 0. The summed E-state index contributed by atoms with van der Waals surface area (Å²) < 4.78 is 0. The Labute approximate surface area is 148 Å². The number of fused-ring (bicyclic) bond motifs is 5. The average molecular weight is 329 g/mol. The van der Waals surface area contributed by atoms with Crippen molar-refractivity contribution in [2.24, 2.45) is 35.0 Å². The van der Waals surface area contributed by atoms with Crippen molar-refractivity contribution in [3.8, 4) is 0 Å². The van der Waals surface area contributed by atoms with E-state index in [2.05, 4.69) is 26.5 Å². The number of allylic oxidation sites excluding steroid dienone is 2. The van der Waals surface area contributed by atoms with Crippen LogP contribution in [0, 0.1) is 35.0 Å². The molecule has 7 atom stereocenters. The maximum absolute atomic E-state index is 10.00. The van der Waals surface area contributed by atoms with E-state index >= 15 is 0 Å². The van der Waals surface area contributed by atoms with E-state index in [4.69, 9.17) is 0 Å². The fourth-order valence-electron chi connectivity index (χ4n) is 7.48. The topological polar surface area (TPSA) is 20.2 Å².